The van der Waals surface area contributed by atoms with Crippen LogP contribution in [0.1, 0.15) is 25.5 Å². The fourth-order valence-corrected chi connectivity index (χ4v) is 4.41. The third kappa shape index (κ3) is 5.45. The van der Waals surface area contributed by atoms with E-state index in [9.17, 15) is 26.4 Å². The Bertz CT molecular complexity index is 1000. The van der Waals surface area contributed by atoms with Crippen LogP contribution in [0.4, 0.5) is 24.7 Å². The van der Waals surface area contributed by atoms with E-state index in [4.69, 9.17) is 0 Å². The van der Waals surface area contributed by atoms with Gasteiger partial charge in [-0.2, -0.15) is 13.2 Å². The first kappa shape index (κ1) is 22.0. The minimum absolute atomic E-state index is 0.0599. The predicted octanol–water partition coefficient (Wildman–Crippen LogP) is 2.40. The molecule has 30 heavy (non-hydrogen) atoms. The summed E-state index contributed by atoms with van der Waals surface area (Å²) in [4.78, 5) is 19.9. The lowest BCUT2D eigenvalue weighted by atomic mass is 10.1. The quantitative estimate of drug-likeness (QED) is 0.736. The minimum Gasteiger partial charge on any atom is -0.356 e. The summed E-state index contributed by atoms with van der Waals surface area (Å²) in [6, 6.07) is 6.30. The maximum absolute atomic E-state index is 12.8. The number of rotatable bonds is 5. The van der Waals surface area contributed by atoms with Gasteiger partial charge < -0.3 is 10.2 Å². The number of hydrogen-bond acceptors (Lipinski definition) is 6. The van der Waals surface area contributed by atoms with Crippen LogP contribution < -0.4 is 14.9 Å². The Morgan fingerprint density at radius 2 is 1.77 bits per heavy atom. The van der Waals surface area contributed by atoms with Crippen molar-refractivity contribution in [3.05, 3.63) is 42.4 Å². The Kier molecular flexibility index (Phi) is 6.27. The maximum atomic E-state index is 12.8. The van der Waals surface area contributed by atoms with Crippen LogP contribution in [0.3, 0.4) is 0 Å². The molecule has 1 aromatic carbocycles. The molecule has 162 valence electrons. The lowest BCUT2D eigenvalue weighted by Gasteiger charge is -2.33. The van der Waals surface area contributed by atoms with Crippen LogP contribution in [0.2, 0.25) is 0 Å². The van der Waals surface area contributed by atoms with Gasteiger partial charge in [-0.05, 0) is 37.1 Å². The second-order valence-electron chi connectivity index (χ2n) is 6.85. The van der Waals surface area contributed by atoms with Crippen LogP contribution >= 0.6 is 0 Å². The summed E-state index contributed by atoms with van der Waals surface area (Å²) in [6.07, 6.45) is -2.86. The molecule has 0 bridgehead atoms. The van der Waals surface area contributed by atoms with E-state index >= 15 is 0 Å². The largest absolute Gasteiger partial charge is 0.433 e. The molecule has 0 saturated carbocycles. The second-order valence-corrected chi connectivity index (χ2v) is 8.56. The van der Waals surface area contributed by atoms with Crippen LogP contribution in [0.15, 0.2) is 41.6 Å². The van der Waals surface area contributed by atoms with Gasteiger partial charge in [0.25, 0.3) is 0 Å². The van der Waals surface area contributed by atoms with E-state index in [-0.39, 0.29) is 22.7 Å². The predicted molar refractivity (Wildman–Crippen MR) is 103 cm³/mol. The van der Waals surface area contributed by atoms with E-state index in [1.54, 1.807) is 4.90 Å². The van der Waals surface area contributed by atoms with Gasteiger partial charge in [0.05, 0.1) is 4.90 Å². The Morgan fingerprint density at radius 3 is 2.33 bits per heavy atom. The molecule has 0 aliphatic carbocycles. The van der Waals surface area contributed by atoms with Crippen LogP contribution in [-0.4, -0.2) is 43.4 Å². The number of carbonyl (C=O) groups excluding carboxylic acids is 1. The van der Waals surface area contributed by atoms with Crippen molar-refractivity contribution in [3.63, 3.8) is 0 Å². The van der Waals surface area contributed by atoms with Gasteiger partial charge in [-0.1, -0.05) is 0 Å². The van der Waals surface area contributed by atoms with Crippen molar-refractivity contribution in [2.45, 2.75) is 36.9 Å². The zero-order valence-corrected chi connectivity index (χ0v) is 16.8. The molecule has 1 fully saturated rings. The first-order valence-electron chi connectivity index (χ1n) is 9.09. The summed E-state index contributed by atoms with van der Waals surface area (Å²) in [5, 5.41) is 2.56. The molecule has 1 amide bonds. The highest BCUT2D eigenvalue weighted by atomic mass is 32.2. The third-order valence-electron chi connectivity index (χ3n) is 4.57. The molecule has 2 N–H and O–H groups in total. The highest BCUT2D eigenvalue weighted by Crippen LogP contribution is 2.29. The highest BCUT2D eigenvalue weighted by Gasteiger charge is 2.34. The molecule has 0 unspecified atom stereocenters. The van der Waals surface area contributed by atoms with Gasteiger partial charge in [0.15, 0.2) is 0 Å². The molecule has 0 atom stereocenters. The van der Waals surface area contributed by atoms with Gasteiger partial charge in [0.2, 0.25) is 15.9 Å². The van der Waals surface area contributed by atoms with Crippen LogP contribution in [0.5, 0.6) is 0 Å². The average molecular weight is 443 g/mol. The Hall–Kier alpha value is -2.73. The van der Waals surface area contributed by atoms with Gasteiger partial charge in [-0.25, -0.2) is 23.1 Å². The highest BCUT2D eigenvalue weighted by molar-refractivity contribution is 7.89. The number of anilines is 2. The summed E-state index contributed by atoms with van der Waals surface area (Å²) in [5.74, 6) is -0.103. The van der Waals surface area contributed by atoms with Crippen LogP contribution in [0.25, 0.3) is 0 Å². The zero-order chi connectivity index (χ0) is 21.9. The van der Waals surface area contributed by atoms with E-state index in [0.29, 0.717) is 31.6 Å². The van der Waals surface area contributed by atoms with E-state index in [0.717, 1.165) is 12.4 Å². The van der Waals surface area contributed by atoms with E-state index in [2.05, 4.69) is 20.0 Å². The second kappa shape index (κ2) is 8.56. The summed E-state index contributed by atoms with van der Waals surface area (Å²) < 4.78 is 66.3. The molecular formula is C18H20F3N5O3S. The number of aromatic nitrogens is 2. The van der Waals surface area contributed by atoms with Crippen molar-refractivity contribution in [2.24, 2.45) is 0 Å². The van der Waals surface area contributed by atoms with Crippen molar-refractivity contribution >= 4 is 27.4 Å². The normalized spacial score (nSPS) is 15.8. The number of amides is 1. The smallest absolute Gasteiger partial charge is 0.356 e. The Morgan fingerprint density at radius 1 is 1.13 bits per heavy atom. The Balaban J connectivity index is 1.61. The number of halogens is 3. The van der Waals surface area contributed by atoms with E-state index < -0.39 is 21.9 Å². The number of benzene rings is 1. The molecule has 1 aliphatic rings. The number of piperidine rings is 1. The third-order valence-corrected chi connectivity index (χ3v) is 6.11. The number of sulfonamides is 1. The van der Waals surface area contributed by atoms with Crippen molar-refractivity contribution in [1.82, 2.24) is 14.7 Å². The number of nitrogens with zero attached hydrogens (tertiary/aromatic N) is 3. The standard InChI is InChI=1S/C18H20F3N5O3S/c1-12(27)24-13-2-4-15(5-3-13)30(28,29)25-14-6-8-26(9-7-14)17-10-16(18(19,20)21)22-11-23-17/h2-5,10-11,14,25H,6-9H2,1H3,(H,24,27). The van der Waals surface area contributed by atoms with Crippen LogP contribution in [0, 0.1) is 0 Å². The van der Waals surface area contributed by atoms with Gasteiger partial charge >= 0.3 is 6.18 Å². The number of nitrogens with one attached hydrogen (secondary N) is 2. The van der Waals surface area contributed by atoms with E-state index in [1.165, 1.54) is 31.2 Å². The summed E-state index contributed by atoms with van der Waals surface area (Å²) in [5.41, 5.74) is -0.532. The lowest BCUT2D eigenvalue weighted by Crippen LogP contribution is -2.45. The monoisotopic (exact) mass is 443 g/mol. The molecular weight excluding hydrogens is 423 g/mol. The first-order valence-corrected chi connectivity index (χ1v) is 10.6. The number of alkyl halides is 3. The van der Waals surface area contributed by atoms with Gasteiger partial charge in [-0.15, -0.1) is 0 Å². The molecule has 0 radical (unpaired) electrons. The Labute approximate surface area is 171 Å². The molecule has 1 aromatic heterocycles. The van der Waals surface area contributed by atoms with Gasteiger partial charge in [0.1, 0.15) is 17.8 Å². The summed E-state index contributed by atoms with van der Waals surface area (Å²) in [6.45, 7) is 2.05. The molecule has 3 rings (SSSR count). The molecule has 1 saturated heterocycles. The van der Waals surface area contributed by atoms with Gasteiger partial charge in [0, 0.05) is 37.8 Å². The maximum Gasteiger partial charge on any atom is 0.433 e. The van der Waals surface area contributed by atoms with Crippen molar-refractivity contribution < 1.29 is 26.4 Å². The van der Waals surface area contributed by atoms with Crippen molar-refractivity contribution in [1.29, 1.82) is 0 Å². The zero-order valence-electron chi connectivity index (χ0n) is 16.0. The van der Waals surface area contributed by atoms with Crippen molar-refractivity contribution in [2.75, 3.05) is 23.3 Å². The first-order chi connectivity index (χ1) is 14.0. The van der Waals surface area contributed by atoms with Crippen LogP contribution in [-0.2, 0) is 21.0 Å². The van der Waals surface area contributed by atoms with Gasteiger partial charge in [-0.3, -0.25) is 4.79 Å². The number of carbonyl (C=O) groups is 1. The molecule has 2 heterocycles. The molecule has 12 heteroatoms. The topological polar surface area (TPSA) is 104 Å². The average Bonchev–Trinajstić information content (AvgIpc) is 2.68. The molecule has 8 nitrogen and oxygen atoms in total. The number of hydrogen-bond donors (Lipinski definition) is 2. The van der Waals surface area contributed by atoms with E-state index in [1.807, 2.05) is 0 Å². The lowest BCUT2D eigenvalue weighted by molar-refractivity contribution is -0.141. The SMILES string of the molecule is CC(=O)Nc1ccc(S(=O)(=O)NC2CCN(c3cc(C(F)(F)F)ncn3)CC2)cc1. The minimum atomic E-state index is -4.55. The fourth-order valence-electron chi connectivity index (χ4n) is 3.11. The summed E-state index contributed by atoms with van der Waals surface area (Å²) >= 11 is 0. The van der Waals surface area contributed by atoms with Crippen molar-refractivity contribution in [3.8, 4) is 0 Å². The fraction of sp³-hybridized carbons (Fsp3) is 0.389. The molecule has 0 spiro atoms. The molecule has 1 aliphatic heterocycles. The summed E-state index contributed by atoms with van der Waals surface area (Å²) in [7, 11) is -3.77. The molecule has 2 aromatic rings.